The molecule has 0 amide bonds. The molecule has 4 rings (SSSR count). The summed E-state index contributed by atoms with van der Waals surface area (Å²) in [7, 11) is -4.20. The SMILES string of the molecule is Cc1ccc(S(=O)(=O)Nc2cc(Sc3ncn[nH]3)c(O)c3ccccc23)c(F)c1. The van der Waals surface area contributed by atoms with Gasteiger partial charge in [0.2, 0.25) is 0 Å². The zero-order valence-corrected chi connectivity index (χ0v) is 16.7. The highest BCUT2D eigenvalue weighted by Crippen LogP contribution is 2.42. The zero-order valence-electron chi connectivity index (χ0n) is 15.0. The maximum absolute atomic E-state index is 14.3. The van der Waals surface area contributed by atoms with E-state index in [-0.39, 0.29) is 11.4 Å². The number of halogens is 1. The molecule has 0 aliphatic rings. The van der Waals surface area contributed by atoms with Gasteiger partial charge in [-0.1, -0.05) is 30.3 Å². The van der Waals surface area contributed by atoms with Crippen LogP contribution in [-0.2, 0) is 10.0 Å². The third kappa shape index (κ3) is 3.76. The Morgan fingerprint density at radius 3 is 2.59 bits per heavy atom. The quantitative estimate of drug-likeness (QED) is 0.412. The van der Waals surface area contributed by atoms with Gasteiger partial charge in [-0.2, -0.15) is 5.10 Å². The van der Waals surface area contributed by atoms with E-state index < -0.39 is 20.7 Å². The lowest BCUT2D eigenvalue weighted by molar-refractivity contribution is 0.469. The summed E-state index contributed by atoms with van der Waals surface area (Å²) in [5.41, 5.74) is 0.822. The van der Waals surface area contributed by atoms with Crippen molar-refractivity contribution < 1.29 is 17.9 Å². The Kier molecular flexibility index (Phi) is 4.89. The molecule has 0 fully saturated rings. The molecule has 0 radical (unpaired) electrons. The van der Waals surface area contributed by atoms with Crippen LogP contribution in [0.5, 0.6) is 5.75 Å². The summed E-state index contributed by atoms with van der Waals surface area (Å²) in [6, 6.07) is 12.2. The van der Waals surface area contributed by atoms with Gasteiger partial charge in [0.05, 0.1) is 10.6 Å². The number of aryl methyl sites for hydroxylation is 1. The average Bonchev–Trinajstić information content (AvgIpc) is 3.18. The molecule has 0 aliphatic carbocycles. The number of phenolic OH excluding ortho intramolecular Hbond substituents is 1. The van der Waals surface area contributed by atoms with Gasteiger partial charge in [0, 0.05) is 10.8 Å². The second-order valence-corrected chi connectivity index (χ2v) is 8.93. The average molecular weight is 430 g/mol. The molecule has 1 heterocycles. The third-order valence-electron chi connectivity index (χ3n) is 4.20. The molecule has 0 spiro atoms. The number of phenols is 1. The van der Waals surface area contributed by atoms with Crippen LogP contribution in [0, 0.1) is 12.7 Å². The number of aromatic nitrogens is 3. The number of anilines is 1. The van der Waals surface area contributed by atoms with Gasteiger partial charge in [0.1, 0.15) is 22.8 Å². The number of aromatic hydroxyl groups is 1. The van der Waals surface area contributed by atoms with Gasteiger partial charge < -0.3 is 5.11 Å². The van der Waals surface area contributed by atoms with Gasteiger partial charge in [0.15, 0.2) is 5.16 Å². The third-order valence-corrected chi connectivity index (χ3v) is 6.52. The second kappa shape index (κ2) is 7.37. The molecular formula is C19H15FN4O3S2. The molecule has 0 aliphatic heterocycles. The van der Waals surface area contributed by atoms with E-state index in [0.29, 0.717) is 26.4 Å². The summed E-state index contributed by atoms with van der Waals surface area (Å²) in [5, 5.41) is 18.4. The minimum absolute atomic E-state index is 0.0218. The lowest BCUT2D eigenvalue weighted by Gasteiger charge is -2.15. The summed E-state index contributed by atoms with van der Waals surface area (Å²) in [6.07, 6.45) is 1.32. The Balaban J connectivity index is 1.83. The highest BCUT2D eigenvalue weighted by molar-refractivity contribution is 7.99. The Labute approximate surface area is 170 Å². The van der Waals surface area contributed by atoms with Crippen molar-refractivity contribution in [3.63, 3.8) is 0 Å². The normalized spacial score (nSPS) is 11.7. The number of sulfonamides is 1. The number of hydrogen-bond acceptors (Lipinski definition) is 6. The molecule has 7 nitrogen and oxygen atoms in total. The first kappa shape index (κ1) is 19.2. The smallest absolute Gasteiger partial charge is 0.264 e. The monoisotopic (exact) mass is 430 g/mol. The second-order valence-electron chi connectivity index (χ2n) is 6.25. The fraction of sp³-hybridized carbons (Fsp3) is 0.0526. The van der Waals surface area contributed by atoms with Crippen molar-refractivity contribution in [2.45, 2.75) is 21.9 Å². The lowest BCUT2D eigenvalue weighted by Crippen LogP contribution is -2.15. The van der Waals surface area contributed by atoms with Gasteiger partial charge in [-0.25, -0.2) is 17.8 Å². The first-order valence-electron chi connectivity index (χ1n) is 8.42. The molecule has 0 saturated heterocycles. The zero-order chi connectivity index (χ0) is 20.6. The van der Waals surface area contributed by atoms with E-state index in [1.165, 1.54) is 24.5 Å². The van der Waals surface area contributed by atoms with Crippen molar-refractivity contribution >= 4 is 38.2 Å². The van der Waals surface area contributed by atoms with E-state index in [0.717, 1.165) is 17.8 Å². The number of hydrogen-bond donors (Lipinski definition) is 3. The van der Waals surface area contributed by atoms with Gasteiger partial charge in [-0.3, -0.25) is 9.82 Å². The standard InChI is InChI=1S/C19H15FN4O3S2/c1-11-6-7-17(14(20)8-11)29(26,27)24-15-9-16(28-19-21-10-22-23-19)18(25)13-5-3-2-4-12(13)15/h2-10,24-25H,1H3,(H,21,22,23). The van der Waals surface area contributed by atoms with Crippen molar-refractivity contribution in [3.8, 4) is 5.75 Å². The van der Waals surface area contributed by atoms with Crippen LogP contribution in [0.1, 0.15) is 5.56 Å². The van der Waals surface area contributed by atoms with Crippen molar-refractivity contribution in [2.75, 3.05) is 4.72 Å². The fourth-order valence-corrected chi connectivity index (χ4v) is 4.79. The molecule has 29 heavy (non-hydrogen) atoms. The van der Waals surface area contributed by atoms with Crippen LogP contribution in [0.25, 0.3) is 10.8 Å². The van der Waals surface area contributed by atoms with E-state index >= 15 is 0 Å². The molecule has 0 atom stereocenters. The summed E-state index contributed by atoms with van der Waals surface area (Å²) in [6.45, 7) is 1.67. The van der Waals surface area contributed by atoms with Crippen molar-refractivity contribution in [1.29, 1.82) is 0 Å². The highest BCUT2D eigenvalue weighted by atomic mass is 32.2. The van der Waals surface area contributed by atoms with Crippen molar-refractivity contribution in [1.82, 2.24) is 15.2 Å². The maximum Gasteiger partial charge on any atom is 0.264 e. The molecule has 148 valence electrons. The fourth-order valence-electron chi connectivity index (χ4n) is 2.87. The first-order valence-corrected chi connectivity index (χ1v) is 10.7. The van der Waals surface area contributed by atoms with Crippen LogP contribution in [-0.4, -0.2) is 28.7 Å². The number of fused-ring (bicyclic) bond motifs is 1. The summed E-state index contributed by atoms with van der Waals surface area (Å²) in [5.74, 6) is -0.858. The molecular weight excluding hydrogens is 415 g/mol. The van der Waals surface area contributed by atoms with Gasteiger partial charge in [-0.15, -0.1) is 0 Å². The van der Waals surface area contributed by atoms with E-state index in [9.17, 15) is 17.9 Å². The number of aromatic amines is 1. The van der Waals surface area contributed by atoms with E-state index in [1.807, 2.05) is 0 Å². The molecule has 0 saturated carbocycles. The van der Waals surface area contributed by atoms with Crippen LogP contribution in [0.15, 0.2) is 69.8 Å². The predicted octanol–water partition coefficient (Wildman–Crippen LogP) is 4.06. The number of rotatable bonds is 5. The largest absolute Gasteiger partial charge is 0.506 e. The highest BCUT2D eigenvalue weighted by Gasteiger charge is 2.22. The predicted molar refractivity (Wildman–Crippen MR) is 108 cm³/mol. The van der Waals surface area contributed by atoms with Crippen LogP contribution in [0.2, 0.25) is 0 Å². The summed E-state index contributed by atoms with van der Waals surface area (Å²) < 4.78 is 42.4. The van der Waals surface area contributed by atoms with Crippen molar-refractivity contribution in [2.24, 2.45) is 0 Å². The topological polar surface area (TPSA) is 108 Å². The summed E-state index contributed by atoms with van der Waals surface area (Å²) >= 11 is 1.09. The van der Waals surface area contributed by atoms with Crippen molar-refractivity contribution in [3.05, 3.63) is 66.2 Å². The molecule has 1 aromatic heterocycles. The summed E-state index contributed by atoms with van der Waals surface area (Å²) in [4.78, 5) is 3.91. The number of nitrogens with zero attached hydrogens (tertiary/aromatic N) is 2. The Morgan fingerprint density at radius 1 is 1.14 bits per heavy atom. The molecule has 0 unspecified atom stereocenters. The molecule has 3 aromatic carbocycles. The van der Waals surface area contributed by atoms with E-state index in [4.69, 9.17) is 0 Å². The number of benzene rings is 3. The van der Waals surface area contributed by atoms with Crippen LogP contribution in [0.4, 0.5) is 10.1 Å². The van der Waals surface area contributed by atoms with Crippen LogP contribution < -0.4 is 4.72 Å². The molecule has 0 bridgehead atoms. The minimum atomic E-state index is -4.20. The Bertz CT molecular complexity index is 1310. The van der Waals surface area contributed by atoms with Crippen LogP contribution >= 0.6 is 11.8 Å². The molecule has 10 heteroatoms. The molecule has 3 N–H and O–H groups in total. The maximum atomic E-state index is 14.3. The molecule has 4 aromatic rings. The van der Waals surface area contributed by atoms with E-state index in [2.05, 4.69) is 19.9 Å². The first-order chi connectivity index (χ1) is 13.8. The minimum Gasteiger partial charge on any atom is -0.506 e. The number of H-pyrrole nitrogens is 1. The number of nitrogens with one attached hydrogen (secondary N) is 2. The van der Waals surface area contributed by atoms with Crippen LogP contribution in [0.3, 0.4) is 0 Å². The Morgan fingerprint density at radius 2 is 1.90 bits per heavy atom. The lowest BCUT2D eigenvalue weighted by atomic mass is 10.1. The van der Waals surface area contributed by atoms with E-state index in [1.54, 1.807) is 31.2 Å². The van der Waals surface area contributed by atoms with Gasteiger partial charge in [0.25, 0.3) is 10.0 Å². The van der Waals surface area contributed by atoms with Gasteiger partial charge in [-0.05, 0) is 42.4 Å². The Hall–Kier alpha value is -3.11. The van der Waals surface area contributed by atoms with Gasteiger partial charge >= 0.3 is 0 Å².